The largest absolute Gasteiger partial charge is 0.493 e. The first kappa shape index (κ1) is 25.1. The standard InChI is InChI=1S/C26H20BrN3O5S/c1-34-23-14-18(13-21(27)25(23)35-15-17-5-3-2-4-6-17)7-12-24(31)29-26-28-22(16-36-26)19-8-10-20(11-9-19)30(32)33/h2-14,16H,15H2,1H3,(H,28,29,31). The van der Waals surface area contributed by atoms with Crippen LogP contribution in [0.2, 0.25) is 0 Å². The molecule has 0 atom stereocenters. The Balaban J connectivity index is 1.40. The second kappa shape index (κ2) is 11.6. The molecule has 0 aliphatic rings. The lowest BCUT2D eigenvalue weighted by molar-refractivity contribution is -0.384. The van der Waals surface area contributed by atoms with Gasteiger partial charge in [-0.3, -0.25) is 20.2 Å². The molecule has 0 aliphatic heterocycles. The summed E-state index contributed by atoms with van der Waals surface area (Å²) in [6, 6.07) is 19.5. The van der Waals surface area contributed by atoms with E-state index in [4.69, 9.17) is 9.47 Å². The number of methoxy groups -OCH3 is 1. The Kier molecular flexibility index (Phi) is 8.09. The summed E-state index contributed by atoms with van der Waals surface area (Å²) in [5.41, 5.74) is 3.12. The van der Waals surface area contributed by atoms with Crippen molar-refractivity contribution < 1.29 is 19.2 Å². The number of non-ortho nitro benzene ring substituents is 1. The second-order valence-corrected chi connectivity index (χ2v) is 9.19. The van der Waals surface area contributed by atoms with Gasteiger partial charge in [0, 0.05) is 29.2 Å². The van der Waals surface area contributed by atoms with Crippen molar-refractivity contribution in [3.05, 3.63) is 104 Å². The van der Waals surface area contributed by atoms with Crippen LogP contribution in [0, 0.1) is 10.1 Å². The number of halogens is 1. The average Bonchev–Trinajstić information content (AvgIpc) is 3.35. The van der Waals surface area contributed by atoms with E-state index in [1.165, 1.54) is 29.5 Å². The molecule has 0 fully saturated rings. The van der Waals surface area contributed by atoms with Crippen molar-refractivity contribution in [3.63, 3.8) is 0 Å². The Labute approximate surface area is 219 Å². The number of rotatable bonds is 9. The summed E-state index contributed by atoms with van der Waals surface area (Å²) in [5, 5.41) is 15.7. The molecular weight excluding hydrogens is 546 g/mol. The first-order valence-corrected chi connectivity index (χ1v) is 12.3. The van der Waals surface area contributed by atoms with E-state index < -0.39 is 4.92 Å². The summed E-state index contributed by atoms with van der Waals surface area (Å²) in [6.07, 6.45) is 3.06. The van der Waals surface area contributed by atoms with Gasteiger partial charge in [0.25, 0.3) is 5.69 Å². The van der Waals surface area contributed by atoms with Gasteiger partial charge in [-0.1, -0.05) is 30.3 Å². The second-order valence-electron chi connectivity index (χ2n) is 7.47. The van der Waals surface area contributed by atoms with E-state index in [0.29, 0.717) is 33.4 Å². The lowest BCUT2D eigenvalue weighted by Crippen LogP contribution is -2.07. The van der Waals surface area contributed by atoms with Gasteiger partial charge in [0.2, 0.25) is 5.91 Å². The van der Waals surface area contributed by atoms with Gasteiger partial charge in [0.05, 0.1) is 22.2 Å². The smallest absolute Gasteiger partial charge is 0.269 e. The quantitative estimate of drug-likeness (QED) is 0.137. The van der Waals surface area contributed by atoms with Gasteiger partial charge in [-0.25, -0.2) is 4.98 Å². The van der Waals surface area contributed by atoms with Gasteiger partial charge in [-0.05, 0) is 57.4 Å². The number of anilines is 1. The number of thiazole rings is 1. The molecule has 1 heterocycles. The van der Waals surface area contributed by atoms with Crippen LogP contribution in [0.5, 0.6) is 11.5 Å². The molecular formula is C26H20BrN3O5S. The summed E-state index contributed by atoms with van der Waals surface area (Å²) in [6.45, 7) is 0.392. The zero-order valence-corrected chi connectivity index (χ0v) is 21.4. The summed E-state index contributed by atoms with van der Waals surface area (Å²) in [7, 11) is 1.56. The van der Waals surface area contributed by atoms with Crippen LogP contribution < -0.4 is 14.8 Å². The molecule has 36 heavy (non-hydrogen) atoms. The number of benzene rings is 3. The molecule has 4 rings (SSSR count). The zero-order chi connectivity index (χ0) is 25.5. The monoisotopic (exact) mass is 565 g/mol. The van der Waals surface area contributed by atoms with Crippen molar-refractivity contribution in [3.8, 4) is 22.8 Å². The van der Waals surface area contributed by atoms with Crippen LogP contribution in [-0.4, -0.2) is 22.9 Å². The maximum absolute atomic E-state index is 12.4. The van der Waals surface area contributed by atoms with Crippen molar-refractivity contribution in [1.82, 2.24) is 4.98 Å². The third-order valence-corrected chi connectivity index (χ3v) is 6.36. The molecule has 0 spiro atoms. The van der Waals surface area contributed by atoms with E-state index in [1.807, 2.05) is 36.4 Å². The number of hydrogen-bond acceptors (Lipinski definition) is 7. The number of nitrogens with zero attached hydrogens (tertiary/aromatic N) is 2. The lowest BCUT2D eigenvalue weighted by atomic mass is 10.1. The molecule has 0 saturated heterocycles. The van der Waals surface area contributed by atoms with E-state index in [-0.39, 0.29) is 11.6 Å². The van der Waals surface area contributed by atoms with Crippen molar-refractivity contribution >= 4 is 50.1 Å². The van der Waals surface area contributed by atoms with E-state index >= 15 is 0 Å². The molecule has 1 amide bonds. The number of hydrogen-bond donors (Lipinski definition) is 1. The molecule has 1 N–H and O–H groups in total. The molecule has 10 heteroatoms. The van der Waals surface area contributed by atoms with Crippen LogP contribution in [0.1, 0.15) is 11.1 Å². The fourth-order valence-electron chi connectivity index (χ4n) is 3.24. The first-order chi connectivity index (χ1) is 17.4. The molecule has 4 aromatic rings. The zero-order valence-electron chi connectivity index (χ0n) is 19.0. The fourth-order valence-corrected chi connectivity index (χ4v) is 4.54. The highest BCUT2D eigenvalue weighted by atomic mass is 79.9. The minimum absolute atomic E-state index is 0.00620. The van der Waals surface area contributed by atoms with Gasteiger partial charge >= 0.3 is 0 Å². The van der Waals surface area contributed by atoms with Crippen LogP contribution in [0.15, 0.2) is 82.7 Å². The molecule has 0 aliphatic carbocycles. The van der Waals surface area contributed by atoms with Crippen LogP contribution in [-0.2, 0) is 11.4 Å². The highest BCUT2D eigenvalue weighted by molar-refractivity contribution is 9.10. The van der Waals surface area contributed by atoms with Gasteiger partial charge in [-0.15, -0.1) is 11.3 Å². The first-order valence-electron chi connectivity index (χ1n) is 10.7. The molecule has 0 unspecified atom stereocenters. The fraction of sp³-hybridized carbons (Fsp3) is 0.0769. The summed E-state index contributed by atoms with van der Waals surface area (Å²) in [5.74, 6) is 0.761. The molecule has 3 aromatic carbocycles. The Morgan fingerprint density at radius 3 is 2.61 bits per heavy atom. The highest BCUT2D eigenvalue weighted by Gasteiger charge is 2.12. The van der Waals surface area contributed by atoms with Crippen molar-refractivity contribution in [2.75, 3.05) is 12.4 Å². The Morgan fingerprint density at radius 1 is 1.17 bits per heavy atom. The lowest BCUT2D eigenvalue weighted by Gasteiger charge is -2.13. The molecule has 0 saturated carbocycles. The van der Waals surface area contributed by atoms with Crippen LogP contribution in [0.25, 0.3) is 17.3 Å². The van der Waals surface area contributed by atoms with Crippen molar-refractivity contribution in [2.45, 2.75) is 6.61 Å². The van der Waals surface area contributed by atoms with Crippen molar-refractivity contribution in [1.29, 1.82) is 0 Å². The van der Waals surface area contributed by atoms with E-state index in [0.717, 1.165) is 16.7 Å². The molecule has 0 radical (unpaired) electrons. The van der Waals surface area contributed by atoms with Crippen LogP contribution >= 0.6 is 27.3 Å². The number of ether oxygens (including phenoxy) is 2. The Hall–Kier alpha value is -4.02. The van der Waals surface area contributed by atoms with E-state index in [2.05, 4.69) is 26.2 Å². The van der Waals surface area contributed by atoms with Gasteiger partial charge in [0.1, 0.15) is 6.61 Å². The third-order valence-electron chi connectivity index (χ3n) is 5.01. The summed E-state index contributed by atoms with van der Waals surface area (Å²) in [4.78, 5) is 27.2. The molecule has 1 aromatic heterocycles. The molecule has 182 valence electrons. The third kappa shape index (κ3) is 6.35. The summed E-state index contributed by atoms with van der Waals surface area (Å²) >= 11 is 4.79. The topological polar surface area (TPSA) is 104 Å². The number of nitrogens with one attached hydrogen (secondary N) is 1. The highest BCUT2D eigenvalue weighted by Crippen LogP contribution is 2.37. The maximum atomic E-state index is 12.4. The number of aromatic nitrogens is 1. The average molecular weight is 566 g/mol. The predicted octanol–water partition coefficient (Wildman–Crippen LogP) is 6.72. The van der Waals surface area contributed by atoms with E-state index in [9.17, 15) is 14.9 Å². The number of nitro groups is 1. The number of amides is 1. The van der Waals surface area contributed by atoms with Gasteiger partial charge in [0.15, 0.2) is 16.6 Å². The predicted molar refractivity (Wildman–Crippen MR) is 143 cm³/mol. The normalized spacial score (nSPS) is 10.8. The maximum Gasteiger partial charge on any atom is 0.269 e. The Morgan fingerprint density at radius 2 is 1.92 bits per heavy atom. The number of carbonyl (C=O) groups is 1. The van der Waals surface area contributed by atoms with E-state index in [1.54, 1.807) is 36.8 Å². The minimum atomic E-state index is -0.456. The molecule has 8 nitrogen and oxygen atoms in total. The van der Waals surface area contributed by atoms with Gasteiger partial charge < -0.3 is 9.47 Å². The van der Waals surface area contributed by atoms with Crippen LogP contribution in [0.4, 0.5) is 10.8 Å². The molecule has 0 bridgehead atoms. The minimum Gasteiger partial charge on any atom is -0.493 e. The van der Waals surface area contributed by atoms with Crippen LogP contribution in [0.3, 0.4) is 0 Å². The summed E-state index contributed by atoms with van der Waals surface area (Å²) < 4.78 is 12.1. The SMILES string of the molecule is COc1cc(C=CC(=O)Nc2nc(-c3ccc([N+](=O)[O-])cc3)cs2)cc(Br)c1OCc1ccccc1. The Bertz CT molecular complexity index is 1410. The number of carbonyl (C=O) groups excluding carboxylic acids is 1. The van der Waals surface area contributed by atoms with Gasteiger partial charge in [-0.2, -0.15) is 0 Å². The number of nitro benzene ring substituents is 1. The van der Waals surface area contributed by atoms with Crippen molar-refractivity contribution in [2.24, 2.45) is 0 Å².